The van der Waals surface area contributed by atoms with Gasteiger partial charge in [0.25, 0.3) is 0 Å². The highest BCUT2D eigenvalue weighted by molar-refractivity contribution is 7.47. The molecule has 0 aromatic heterocycles. The van der Waals surface area contributed by atoms with Gasteiger partial charge >= 0.3 is 19.8 Å². The van der Waals surface area contributed by atoms with E-state index in [4.69, 9.17) is 18.9 Å². The van der Waals surface area contributed by atoms with E-state index >= 15 is 0 Å². The third-order valence-electron chi connectivity index (χ3n) is 6.48. The van der Waals surface area contributed by atoms with Crippen molar-refractivity contribution in [2.24, 2.45) is 0 Å². The van der Waals surface area contributed by atoms with E-state index in [0.29, 0.717) is 6.42 Å². The van der Waals surface area contributed by atoms with Gasteiger partial charge in [0.2, 0.25) is 5.91 Å². The monoisotopic (exact) mass is 607 g/mol. The molecule has 1 unspecified atom stereocenters. The van der Waals surface area contributed by atoms with Crippen LogP contribution < -0.4 is 5.32 Å². The molecule has 0 fully saturated rings. The molecule has 1 amide bonds. The summed E-state index contributed by atoms with van der Waals surface area (Å²) in [7, 11) is -3.89. The van der Waals surface area contributed by atoms with E-state index in [2.05, 4.69) is 12.2 Å². The van der Waals surface area contributed by atoms with Crippen LogP contribution in [-0.4, -0.2) is 52.7 Å². The number of amides is 1. The predicted octanol–water partition coefficient (Wildman–Crippen LogP) is 7.46. The number of ether oxygens (including phenoxy) is 1. The third-order valence-corrected chi connectivity index (χ3v) is 7.50. The van der Waals surface area contributed by atoms with Crippen molar-refractivity contribution in [3.63, 3.8) is 0 Å². The van der Waals surface area contributed by atoms with Gasteiger partial charge in [0.05, 0.1) is 13.2 Å². The Morgan fingerprint density at radius 2 is 1.17 bits per heavy atom. The molecule has 0 aromatic carbocycles. The summed E-state index contributed by atoms with van der Waals surface area (Å²) in [4.78, 5) is 45.1. The van der Waals surface area contributed by atoms with Gasteiger partial charge in [-0.2, -0.15) is 0 Å². The Hall–Kier alpha value is -1.48. The first-order chi connectivity index (χ1) is 19.4. The quantitative estimate of drug-likeness (QED) is 0.0491. The smallest absolute Gasteiger partial charge is 0.472 e. The molecule has 0 bridgehead atoms. The largest absolute Gasteiger partial charge is 0.481 e. The summed E-state index contributed by atoms with van der Waals surface area (Å²) in [5.74, 6) is -1.87. The number of hydrogen-bond acceptors (Lipinski definition) is 7. The normalized spacial score (nSPS) is 13.9. The Bertz CT molecular complexity index is 755. The van der Waals surface area contributed by atoms with Gasteiger partial charge in [-0.1, -0.05) is 90.4 Å². The van der Waals surface area contributed by atoms with Crippen LogP contribution in [0.4, 0.5) is 0 Å². The second-order valence-corrected chi connectivity index (χ2v) is 13.2. The number of carbonyl (C=O) groups excluding carboxylic acids is 2. The van der Waals surface area contributed by atoms with E-state index in [9.17, 15) is 23.8 Å². The lowest BCUT2D eigenvalue weighted by atomic mass is 10.0. The molecule has 11 heteroatoms. The minimum atomic E-state index is -3.89. The van der Waals surface area contributed by atoms with Gasteiger partial charge in [-0.15, -0.1) is 0 Å². The number of carbonyl (C=O) groups is 3. The molecular weight excluding hydrogens is 549 g/mol. The van der Waals surface area contributed by atoms with Gasteiger partial charge < -0.3 is 20.1 Å². The Kier molecular flexibility index (Phi) is 23.1. The van der Waals surface area contributed by atoms with Crippen molar-refractivity contribution in [1.29, 1.82) is 0 Å². The number of hydrogen-bond donors (Lipinski definition) is 3. The van der Waals surface area contributed by atoms with Crippen LogP contribution in [0.15, 0.2) is 0 Å². The van der Waals surface area contributed by atoms with Crippen molar-refractivity contribution in [2.45, 2.75) is 161 Å². The number of unbranched alkanes of at least 4 members (excludes halogenated alkanes) is 14. The molecule has 0 aliphatic carbocycles. The summed E-state index contributed by atoms with van der Waals surface area (Å²) in [6.45, 7) is 7.78. The van der Waals surface area contributed by atoms with Crippen LogP contribution in [0.5, 0.6) is 0 Å². The van der Waals surface area contributed by atoms with Crippen molar-refractivity contribution >= 4 is 25.7 Å². The van der Waals surface area contributed by atoms with Crippen LogP contribution in [0.3, 0.4) is 0 Å². The fourth-order valence-electron chi connectivity index (χ4n) is 4.24. The minimum Gasteiger partial charge on any atom is -0.481 e. The van der Waals surface area contributed by atoms with E-state index in [-0.39, 0.29) is 32.0 Å². The maximum Gasteiger partial charge on any atom is 0.472 e. The van der Waals surface area contributed by atoms with E-state index in [1.165, 1.54) is 32.1 Å². The molecule has 0 rings (SSSR count). The standard InChI is InChI=1S/C30H58NO9P/c1-5-6-19-24-38-41(36,37)39-25-20-17-15-13-11-9-7-8-10-12-14-16-18-21-27(32)31-26(22-23-28(33)34)29(35)40-30(2,3)4/h26H,5-25H2,1-4H3,(H,31,32)(H,33,34)(H,36,37)/t26-/m0/s1. The maximum absolute atomic E-state index is 12.3. The number of phosphoric acid groups is 1. The van der Waals surface area contributed by atoms with Crippen molar-refractivity contribution < 1.29 is 42.7 Å². The van der Waals surface area contributed by atoms with Gasteiger partial charge in [-0.25, -0.2) is 9.36 Å². The van der Waals surface area contributed by atoms with Crippen LogP contribution in [0.2, 0.25) is 0 Å². The fraction of sp³-hybridized carbons (Fsp3) is 0.900. The van der Waals surface area contributed by atoms with E-state index in [1.54, 1.807) is 20.8 Å². The molecule has 2 atom stereocenters. The first-order valence-electron chi connectivity index (χ1n) is 15.7. The molecule has 41 heavy (non-hydrogen) atoms. The van der Waals surface area contributed by atoms with E-state index in [0.717, 1.165) is 70.6 Å². The zero-order chi connectivity index (χ0) is 31.0. The number of carboxylic acid groups (broad SMARTS) is 1. The summed E-state index contributed by atoms with van der Waals surface area (Å²) in [6, 6.07) is -0.946. The average molecular weight is 608 g/mol. The number of carboxylic acids is 1. The molecule has 0 saturated carbocycles. The molecule has 0 radical (unpaired) electrons. The second kappa shape index (κ2) is 24.0. The van der Waals surface area contributed by atoms with Crippen LogP contribution in [0.25, 0.3) is 0 Å². The van der Waals surface area contributed by atoms with E-state index < -0.39 is 31.4 Å². The SMILES string of the molecule is CCCCCOP(=O)(O)OCCCCCCCCCCCCCCCC(=O)N[C@@H](CCC(=O)O)C(=O)OC(C)(C)C. The van der Waals surface area contributed by atoms with Crippen molar-refractivity contribution in [3.8, 4) is 0 Å². The molecule has 0 aliphatic rings. The number of nitrogens with one attached hydrogen (secondary N) is 1. The van der Waals surface area contributed by atoms with Crippen molar-refractivity contribution in [1.82, 2.24) is 5.32 Å². The van der Waals surface area contributed by atoms with Crippen molar-refractivity contribution in [3.05, 3.63) is 0 Å². The topological polar surface area (TPSA) is 148 Å². The molecule has 3 N–H and O–H groups in total. The summed E-state index contributed by atoms with van der Waals surface area (Å²) in [6.07, 6.45) is 16.8. The zero-order valence-corrected chi connectivity index (χ0v) is 27.0. The van der Waals surface area contributed by atoms with Gasteiger partial charge in [0.15, 0.2) is 0 Å². The Balaban J connectivity index is 3.70. The molecule has 0 aliphatic heterocycles. The lowest BCUT2D eigenvalue weighted by Gasteiger charge is -2.24. The molecule has 0 heterocycles. The highest BCUT2D eigenvalue weighted by Gasteiger charge is 2.27. The van der Waals surface area contributed by atoms with Gasteiger partial charge in [0, 0.05) is 12.8 Å². The Morgan fingerprint density at radius 1 is 0.732 bits per heavy atom. The predicted molar refractivity (Wildman–Crippen MR) is 161 cm³/mol. The number of phosphoric ester groups is 1. The summed E-state index contributed by atoms with van der Waals surface area (Å²) < 4.78 is 27.0. The first kappa shape index (κ1) is 39.5. The van der Waals surface area contributed by atoms with E-state index in [1.807, 2.05) is 0 Å². The van der Waals surface area contributed by atoms with Crippen LogP contribution in [0, 0.1) is 0 Å². The lowest BCUT2D eigenvalue weighted by molar-refractivity contribution is -0.159. The molecule has 0 saturated heterocycles. The molecule has 10 nitrogen and oxygen atoms in total. The summed E-state index contributed by atoms with van der Waals surface area (Å²) in [5, 5.41) is 11.6. The maximum atomic E-state index is 12.3. The first-order valence-corrected chi connectivity index (χ1v) is 17.2. The summed E-state index contributed by atoms with van der Waals surface area (Å²) in [5.41, 5.74) is -0.709. The van der Waals surface area contributed by atoms with Gasteiger partial charge in [-0.05, 0) is 46.5 Å². The molecular formula is C30H58NO9P. The third kappa shape index (κ3) is 27.1. The highest BCUT2D eigenvalue weighted by Crippen LogP contribution is 2.43. The average Bonchev–Trinajstić information content (AvgIpc) is 2.87. The Morgan fingerprint density at radius 3 is 1.61 bits per heavy atom. The van der Waals surface area contributed by atoms with Crippen LogP contribution in [0.1, 0.15) is 150 Å². The zero-order valence-electron chi connectivity index (χ0n) is 26.1. The number of aliphatic carboxylic acids is 1. The van der Waals surface area contributed by atoms with Gasteiger partial charge in [0.1, 0.15) is 11.6 Å². The van der Waals surface area contributed by atoms with Crippen LogP contribution in [-0.2, 0) is 32.7 Å². The number of esters is 1. The fourth-order valence-corrected chi connectivity index (χ4v) is 5.03. The lowest BCUT2D eigenvalue weighted by Crippen LogP contribution is -2.44. The minimum absolute atomic E-state index is 0.00878. The highest BCUT2D eigenvalue weighted by atomic mass is 31.2. The molecule has 0 spiro atoms. The Labute approximate surface area is 248 Å². The second-order valence-electron chi connectivity index (χ2n) is 11.8. The van der Waals surface area contributed by atoms with Gasteiger partial charge in [-0.3, -0.25) is 18.6 Å². The van der Waals surface area contributed by atoms with Crippen LogP contribution >= 0.6 is 7.82 Å². The molecule has 0 aromatic rings. The molecule has 242 valence electrons. The number of rotatable bonds is 27. The van der Waals surface area contributed by atoms with Crippen molar-refractivity contribution in [2.75, 3.05) is 13.2 Å². The summed E-state index contributed by atoms with van der Waals surface area (Å²) >= 11 is 0.